The predicted molar refractivity (Wildman–Crippen MR) is 53.6 cm³/mol. The molecule has 2 rings (SSSR count). The van der Waals surface area contributed by atoms with Crippen LogP contribution in [0.4, 0.5) is 13.2 Å². The second-order valence-corrected chi connectivity index (χ2v) is 3.66. The van der Waals surface area contributed by atoms with Gasteiger partial charge in [-0.25, -0.2) is 4.98 Å². The van der Waals surface area contributed by atoms with Gasteiger partial charge in [0.15, 0.2) is 5.82 Å². The Balaban J connectivity index is 2.69. The van der Waals surface area contributed by atoms with E-state index in [4.69, 9.17) is 12.2 Å². The Morgan fingerprint density at radius 2 is 2.06 bits per heavy atom. The maximum atomic E-state index is 12.4. The summed E-state index contributed by atoms with van der Waals surface area (Å²) < 4.78 is 37.4. The van der Waals surface area contributed by atoms with Crippen LogP contribution in [-0.4, -0.2) is 15.0 Å². The van der Waals surface area contributed by atoms with E-state index in [2.05, 4.69) is 15.0 Å². The molecule has 2 aliphatic rings. The maximum Gasteiger partial charge on any atom is 0.432 e. The van der Waals surface area contributed by atoms with Crippen LogP contribution in [-0.2, 0) is 6.18 Å². The molecule has 7 heteroatoms. The molecular formula is C9H6F3N3S. The number of H-pyrrole nitrogens is 1. The van der Waals surface area contributed by atoms with Crippen molar-refractivity contribution in [3.05, 3.63) is 28.2 Å². The minimum atomic E-state index is -4.46. The topological polar surface area (TPSA) is 41.6 Å². The van der Waals surface area contributed by atoms with E-state index in [9.17, 15) is 13.2 Å². The maximum absolute atomic E-state index is 12.4. The first kappa shape index (κ1) is 11.0. The zero-order valence-corrected chi connectivity index (χ0v) is 8.91. The molecule has 2 aliphatic heterocycles. The molecule has 0 spiro atoms. The van der Waals surface area contributed by atoms with Gasteiger partial charge in [-0.2, -0.15) is 13.2 Å². The van der Waals surface area contributed by atoms with Gasteiger partial charge < -0.3 is 4.98 Å². The number of nitrogens with zero attached hydrogens (tertiary/aromatic N) is 2. The first-order valence-electron chi connectivity index (χ1n) is 4.32. The molecule has 0 radical (unpaired) electrons. The van der Waals surface area contributed by atoms with Crippen LogP contribution in [0.2, 0.25) is 0 Å². The lowest BCUT2D eigenvalue weighted by Crippen LogP contribution is -2.11. The molecule has 16 heavy (non-hydrogen) atoms. The number of halogens is 3. The highest BCUT2D eigenvalue weighted by molar-refractivity contribution is 7.71. The molecule has 0 saturated carbocycles. The van der Waals surface area contributed by atoms with Gasteiger partial charge in [0, 0.05) is 0 Å². The third kappa shape index (κ3) is 1.90. The number of alkyl halides is 3. The molecule has 0 amide bonds. The van der Waals surface area contributed by atoms with Crippen molar-refractivity contribution in [3.63, 3.8) is 0 Å². The van der Waals surface area contributed by atoms with Crippen molar-refractivity contribution in [2.24, 2.45) is 0 Å². The molecule has 0 aromatic heterocycles. The largest absolute Gasteiger partial charge is 0.432 e. The van der Waals surface area contributed by atoms with Crippen molar-refractivity contribution in [1.29, 1.82) is 0 Å². The van der Waals surface area contributed by atoms with Gasteiger partial charge >= 0.3 is 6.18 Å². The lowest BCUT2D eigenvalue weighted by atomic mass is 10.2. The van der Waals surface area contributed by atoms with Crippen LogP contribution in [0.5, 0.6) is 0 Å². The van der Waals surface area contributed by atoms with E-state index in [1.54, 1.807) is 13.0 Å². The summed E-state index contributed by atoms with van der Waals surface area (Å²) in [7, 11) is 0. The number of aromatic nitrogens is 3. The quantitative estimate of drug-likeness (QED) is 0.725. The van der Waals surface area contributed by atoms with E-state index in [-0.39, 0.29) is 10.5 Å². The number of aromatic amines is 1. The predicted octanol–water partition coefficient (Wildman–Crippen LogP) is 2.97. The number of hydrogen-bond acceptors (Lipinski definition) is 3. The van der Waals surface area contributed by atoms with Gasteiger partial charge in [0.1, 0.15) is 16.0 Å². The van der Waals surface area contributed by atoms with Crippen molar-refractivity contribution < 1.29 is 13.2 Å². The smallest absolute Gasteiger partial charge is 0.333 e. The molecule has 3 nitrogen and oxygen atoms in total. The Morgan fingerprint density at radius 1 is 1.38 bits per heavy atom. The summed E-state index contributed by atoms with van der Waals surface area (Å²) in [5, 5.41) is 0. The fourth-order valence-corrected chi connectivity index (χ4v) is 1.36. The Kier molecular flexibility index (Phi) is 2.42. The lowest BCUT2D eigenvalue weighted by molar-refractivity contribution is -0.141. The van der Waals surface area contributed by atoms with Crippen LogP contribution in [0, 0.1) is 11.6 Å². The first-order chi connectivity index (χ1) is 7.38. The lowest BCUT2D eigenvalue weighted by Gasteiger charge is -2.10. The second-order valence-electron chi connectivity index (χ2n) is 3.27. The van der Waals surface area contributed by atoms with Gasteiger partial charge in [-0.1, -0.05) is 12.2 Å². The minimum absolute atomic E-state index is 0.0467. The van der Waals surface area contributed by atoms with Gasteiger partial charge in [0.25, 0.3) is 0 Å². The summed E-state index contributed by atoms with van der Waals surface area (Å²) in [6.45, 7) is 1.73. The molecule has 0 saturated heterocycles. The average molecular weight is 245 g/mol. The monoisotopic (exact) mass is 245 g/mol. The average Bonchev–Trinajstić information content (AvgIpc) is 2.17. The molecule has 0 unspecified atom stereocenters. The Hall–Kier alpha value is -1.50. The SMILES string of the molecule is Cc1cc2ncc(C(F)(F)F)[nH]c-2nc1=S. The zero-order chi connectivity index (χ0) is 11.9. The minimum Gasteiger partial charge on any atom is -0.333 e. The number of rotatable bonds is 0. The molecule has 0 bridgehead atoms. The highest BCUT2D eigenvalue weighted by Crippen LogP contribution is 2.29. The molecule has 0 aromatic rings. The Morgan fingerprint density at radius 3 is 2.69 bits per heavy atom. The number of nitrogens with one attached hydrogen (secondary N) is 1. The molecule has 2 heterocycles. The molecular weight excluding hydrogens is 239 g/mol. The summed E-state index contributed by atoms with van der Waals surface area (Å²) in [4.78, 5) is 9.71. The van der Waals surface area contributed by atoms with Crippen molar-refractivity contribution in [3.8, 4) is 11.5 Å². The standard InChI is InChI=1S/C9H6F3N3S/c1-4-2-5-7(15-8(4)16)14-6(3-13-5)9(10,11)12/h2-3H,1H3,(H,14,15,16). The van der Waals surface area contributed by atoms with Crippen LogP contribution in [0.3, 0.4) is 0 Å². The van der Waals surface area contributed by atoms with E-state index in [1.165, 1.54) is 0 Å². The van der Waals surface area contributed by atoms with Gasteiger partial charge in [0.2, 0.25) is 0 Å². The third-order valence-electron chi connectivity index (χ3n) is 2.04. The number of aryl methyl sites for hydroxylation is 1. The summed E-state index contributed by atoms with van der Waals surface area (Å²) in [6, 6.07) is 1.60. The number of hydrogen-bond donors (Lipinski definition) is 1. The summed E-state index contributed by atoms with van der Waals surface area (Å²) in [5.41, 5.74) is 0.132. The second kappa shape index (κ2) is 3.51. The van der Waals surface area contributed by atoms with Crippen molar-refractivity contribution in [2.45, 2.75) is 13.1 Å². The fourth-order valence-electron chi connectivity index (χ4n) is 1.21. The van der Waals surface area contributed by atoms with E-state index >= 15 is 0 Å². The normalized spacial score (nSPS) is 12.0. The van der Waals surface area contributed by atoms with Crippen LogP contribution in [0.1, 0.15) is 11.3 Å². The zero-order valence-electron chi connectivity index (χ0n) is 8.09. The number of fused-ring (bicyclic) bond motifs is 1. The van der Waals surface area contributed by atoms with Gasteiger partial charge in [-0.3, -0.25) is 4.98 Å². The van der Waals surface area contributed by atoms with Crippen molar-refractivity contribution in [2.75, 3.05) is 0 Å². The van der Waals surface area contributed by atoms with E-state index in [0.29, 0.717) is 11.3 Å². The van der Waals surface area contributed by atoms with Crippen LogP contribution < -0.4 is 0 Å². The summed E-state index contributed by atoms with van der Waals surface area (Å²) in [6.07, 6.45) is -3.72. The van der Waals surface area contributed by atoms with Crippen LogP contribution >= 0.6 is 12.2 Å². The Bertz CT molecular complexity index is 561. The van der Waals surface area contributed by atoms with E-state index < -0.39 is 11.9 Å². The van der Waals surface area contributed by atoms with Crippen molar-refractivity contribution in [1.82, 2.24) is 15.0 Å². The van der Waals surface area contributed by atoms with Gasteiger partial charge in [-0.05, 0) is 18.6 Å². The van der Waals surface area contributed by atoms with E-state index in [1.807, 2.05) is 0 Å². The molecule has 0 aliphatic carbocycles. The molecule has 84 valence electrons. The highest BCUT2D eigenvalue weighted by atomic mass is 32.1. The first-order valence-corrected chi connectivity index (χ1v) is 4.72. The number of pyridine rings is 1. The van der Waals surface area contributed by atoms with Gasteiger partial charge in [-0.15, -0.1) is 0 Å². The summed E-state index contributed by atoms with van der Waals surface area (Å²) >= 11 is 4.88. The third-order valence-corrected chi connectivity index (χ3v) is 2.45. The van der Waals surface area contributed by atoms with Crippen LogP contribution in [0.25, 0.3) is 11.5 Å². The molecule has 0 fully saturated rings. The van der Waals surface area contributed by atoms with Gasteiger partial charge in [0.05, 0.1) is 6.20 Å². The molecule has 0 atom stereocenters. The summed E-state index contributed by atoms with van der Waals surface area (Å²) in [5.74, 6) is 0.0467. The Labute approximate surface area is 93.7 Å². The fraction of sp³-hybridized carbons (Fsp3) is 0.222. The van der Waals surface area contributed by atoms with E-state index in [0.717, 1.165) is 6.20 Å². The molecule has 0 aromatic carbocycles. The molecule has 1 N–H and O–H groups in total. The van der Waals surface area contributed by atoms with Crippen LogP contribution in [0.15, 0.2) is 12.3 Å². The highest BCUT2D eigenvalue weighted by Gasteiger charge is 2.32. The van der Waals surface area contributed by atoms with Crippen molar-refractivity contribution >= 4 is 12.2 Å².